The highest BCUT2D eigenvalue weighted by molar-refractivity contribution is 9.10. The summed E-state index contributed by atoms with van der Waals surface area (Å²) in [5.41, 5.74) is 5.64. The van der Waals surface area contributed by atoms with Crippen LogP contribution in [-0.2, 0) is 0 Å². The van der Waals surface area contributed by atoms with Gasteiger partial charge in [0.1, 0.15) is 0 Å². The van der Waals surface area contributed by atoms with Gasteiger partial charge in [0, 0.05) is 10.9 Å². The van der Waals surface area contributed by atoms with Crippen LogP contribution in [0.4, 0.5) is 4.39 Å². The Labute approximate surface area is 119 Å². The number of halogens is 3. The summed E-state index contributed by atoms with van der Waals surface area (Å²) < 4.78 is 14.4. The molecule has 0 aromatic heterocycles. The van der Waals surface area contributed by atoms with E-state index < -0.39 is 5.82 Å². The first kappa shape index (κ1) is 14.0. The van der Waals surface area contributed by atoms with E-state index in [0.717, 1.165) is 19.3 Å². The van der Waals surface area contributed by atoms with Crippen molar-refractivity contribution in [2.24, 2.45) is 11.1 Å². The van der Waals surface area contributed by atoms with Gasteiger partial charge in [0.25, 0.3) is 0 Å². The second kappa shape index (κ2) is 5.27. The van der Waals surface area contributed by atoms with Gasteiger partial charge in [-0.3, -0.25) is 4.79 Å². The highest BCUT2D eigenvalue weighted by Crippen LogP contribution is 2.44. The van der Waals surface area contributed by atoms with Crippen LogP contribution in [0, 0.1) is 11.2 Å². The monoisotopic (exact) mass is 333 g/mol. The van der Waals surface area contributed by atoms with Crippen LogP contribution in [0.2, 0.25) is 5.02 Å². The number of ketones is 1. The molecule has 18 heavy (non-hydrogen) atoms. The Morgan fingerprint density at radius 3 is 2.67 bits per heavy atom. The molecule has 0 spiro atoms. The molecule has 0 aliphatic heterocycles. The molecule has 1 aromatic rings. The van der Waals surface area contributed by atoms with Crippen molar-refractivity contribution >= 4 is 33.3 Å². The molecule has 1 aliphatic rings. The summed E-state index contributed by atoms with van der Waals surface area (Å²) in [6.07, 6.45) is 3.29. The average Bonchev–Trinajstić information content (AvgIpc) is 2.31. The van der Waals surface area contributed by atoms with Crippen LogP contribution in [0.25, 0.3) is 0 Å². The van der Waals surface area contributed by atoms with Crippen LogP contribution in [-0.4, -0.2) is 12.3 Å². The number of nitrogens with two attached hydrogens (primary N) is 1. The van der Waals surface area contributed by atoms with Gasteiger partial charge in [-0.2, -0.15) is 0 Å². The SMILES string of the molecule is NCC1(CC(=O)c2ccc(Br)c(Cl)c2F)CCC1. The van der Waals surface area contributed by atoms with Gasteiger partial charge in [0.05, 0.1) is 10.6 Å². The fourth-order valence-electron chi connectivity index (χ4n) is 2.31. The number of hydrogen-bond donors (Lipinski definition) is 1. The number of rotatable bonds is 4. The second-order valence-electron chi connectivity index (χ2n) is 4.88. The lowest BCUT2D eigenvalue weighted by Crippen LogP contribution is -2.39. The summed E-state index contributed by atoms with van der Waals surface area (Å²) in [6, 6.07) is 3.06. The molecular weight excluding hydrogens is 321 g/mol. The molecule has 1 fully saturated rings. The molecule has 2 nitrogen and oxygen atoms in total. The molecule has 2 rings (SSSR count). The van der Waals surface area contributed by atoms with Crippen LogP contribution in [0.15, 0.2) is 16.6 Å². The van der Waals surface area contributed by atoms with Crippen molar-refractivity contribution < 1.29 is 9.18 Å². The van der Waals surface area contributed by atoms with E-state index in [1.807, 2.05) is 0 Å². The fraction of sp³-hybridized carbons (Fsp3) is 0.462. The van der Waals surface area contributed by atoms with Crippen molar-refractivity contribution in [2.75, 3.05) is 6.54 Å². The Balaban J connectivity index is 2.22. The Morgan fingerprint density at radius 2 is 2.17 bits per heavy atom. The van der Waals surface area contributed by atoms with E-state index in [1.165, 1.54) is 6.07 Å². The molecule has 5 heteroatoms. The number of Topliss-reactive ketones (excluding diaryl/α,β-unsaturated/α-hetero) is 1. The molecule has 0 heterocycles. The first-order valence-corrected chi connectivity index (χ1v) is 7.03. The van der Waals surface area contributed by atoms with Crippen LogP contribution < -0.4 is 5.73 Å². The van der Waals surface area contributed by atoms with E-state index in [0.29, 0.717) is 17.4 Å². The van der Waals surface area contributed by atoms with Crippen LogP contribution in [0.1, 0.15) is 36.0 Å². The molecule has 98 valence electrons. The highest BCUT2D eigenvalue weighted by atomic mass is 79.9. The van der Waals surface area contributed by atoms with E-state index >= 15 is 0 Å². The zero-order valence-corrected chi connectivity index (χ0v) is 12.2. The fourth-order valence-corrected chi connectivity index (χ4v) is 2.78. The highest BCUT2D eigenvalue weighted by Gasteiger charge is 2.38. The van der Waals surface area contributed by atoms with Crippen molar-refractivity contribution in [3.05, 3.63) is 33.0 Å². The van der Waals surface area contributed by atoms with E-state index in [2.05, 4.69) is 15.9 Å². The van der Waals surface area contributed by atoms with Gasteiger partial charge < -0.3 is 5.73 Å². The molecule has 1 aromatic carbocycles. The lowest BCUT2D eigenvalue weighted by molar-refractivity contribution is 0.0782. The normalized spacial score (nSPS) is 17.3. The second-order valence-corrected chi connectivity index (χ2v) is 6.11. The maximum Gasteiger partial charge on any atom is 0.166 e. The maximum absolute atomic E-state index is 13.9. The van der Waals surface area contributed by atoms with Crippen molar-refractivity contribution in [1.29, 1.82) is 0 Å². The van der Waals surface area contributed by atoms with Gasteiger partial charge in [0.15, 0.2) is 11.6 Å². The number of benzene rings is 1. The van der Waals surface area contributed by atoms with Crippen molar-refractivity contribution in [3.63, 3.8) is 0 Å². The molecule has 1 aliphatic carbocycles. The third kappa shape index (κ3) is 2.46. The summed E-state index contributed by atoms with van der Waals surface area (Å²) >= 11 is 8.91. The van der Waals surface area contributed by atoms with Gasteiger partial charge in [-0.1, -0.05) is 18.0 Å². The first-order chi connectivity index (χ1) is 8.49. The number of carbonyl (C=O) groups excluding carboxylic acids is 1. The van der Waals surface area contributed by atoms with Crippen LogP contribution in [0.3, 0.4) is 0 Å². The molecule has 0 amide bonds. The van der Waals surface area contributed by atoms with E-state index in [-0.39, 0.29) is 21.8 Å². The summed E-state index contributed by atoms with van der Waals surface area (Å²) in [6.45, 7) is 0.477. The molecule has 0 unspecified atom stereocenters. The number of hydrogen-bond acceptors (Lipinski definition) is 2. The van der Waals surface area contributed by atoms with Crippen molar-refractivity contribution in [3.8, 4) is 0 Å². The third-order valence-corrected chi connectivity index (χ3v) is 4.98. The minimum absolute atomic E-state index is 0.0451. The largest absolute Gasteiger partial charge is 0.330 e. The predicted octanol–water partition coefficient (Wildman–Crippen LogP) is 3.94. The first-order valence-electron chi connectivity index (χ1n) is 5.86. The van der Waals surface area contributed by atoms with Gasteiger partial charge in [-0.05, 0) is 52.9 Å². The zero-order chi connectivity index (χ0) is 13.3. The van der Waals surface area contributed by atoms with Gasteiger partial charge in [-0.15, -0.1) is 0 Å². The lowest BCUT2D eigenvalue weighted by Gasteiger charge is -2.40. The van der Waals surface area contributed by atoms with Crippen molar-refractivity contribution in [2.45, 2.75) is 25.7 Å². The molecule has 0 saturated heterocycles. The Morgan fingerprint density at radius 1 is 1.50 bits per heavy atom. The molecule has 0 radical (unpaired) electrons. The molecule has 0 bridgehead atoms. The van der Waals surface area contributed by atoms with Gasteiger partial charge in [-0.25, -0.2) is 4.39 Å². The quantitative estimate of drug-likeness (QED) is 0.669. The smallest absolute Gasteiger partial charge is 0.166 e. The summed E-state index contributed by atoms with van der Waals surface area (Å²) in [7, 11) is 0. The summed E-state index contributed by atoms with van der Waals surface area (Å²) in [4.78, 5) is 12.1. The Hall–Kier alpha value is -0.450. The minimum Gasteiger partial charge on any atom is -0.330 e. The zero-order valence-electron chi connectivity index (χ0n) is 9.81. The summed E-state index contributed by atoms with van der Waals surface area (Å²) in [5, 5.41) is -0.0451. The Bertz CT molecular complexity index is 483. The van der Waals surface area contributed by atoms with E-state index in [9.17, 15) is 9.18 Å². The van der Waals surface area contributed by atoms with Crippen molar-refractivity contribution in [1.82, 2.24) is 0 Å². The van der Waals surface area contributed by atoms with E-state index in [1.54, 1.807) is 6.07 Å². The van der Waals surface area contributed by atoms with Crippen LogP contribution >= 0.6 is 27.5 Å². The molecule has 2 N–H and O–H groups in total. The van der Waals surface area contributed by atoms with Crippen LogP contribution in [0.5, 0.6) is 0 Å². The summed E-state index contributed by atoms with van der Waals surface area (Å²) in [5.74, 6) is -0.866. The minimum atomic E-state index is -0.650. The topological polar surface area (TPSA) is 43.1 Å². The lowest BCUT2D eigenvalue weighted by atomic mass is 9.65. The molecule has 1 saturated carbocycles. The number of carbonyl (C=O) groups is 1. The van der Waals surface area contributed by atoms with Gasteiger partial charge >= 0.3 is 0 Å². The van der Waals surface area contributed by atoms with Gasteiger partial charge in [0.2, 0.25) is 0 Å². The van der Waals surface area contributed by atoms with E-state index in [4.69, 9.17) is 17.3 Å². The Kier molecular flexibility index (Phi) is 4.09. The third-order valence-electron chi connectivity index (χ3n) is 3.72. The maximum atomic E-state index is 13.9. The molecular formula is C13H14BrClFNO. The predicted molar refractivity (Wildman–Crippen MR) is 73.4 cm³/mol. The standard InChI is InChI=1S/C13H14BrClFNO/c14-9-3-2-8(12(16)11(9)15)10(18)6-13(7-17)4-1-5-13/h2-3H,1,4-7,17H2. The molecule has 0 atom stereocenters. The average molecular weight is 335 g/mol.